The van der Waals surface area contributed by atoms with Crippen molar-refractivity contribution in [2.24, 2.45) is 0 Å². The molecule has 0 aliphatic rings. The first-order valence-electron chi connectivity index (χ1n) is 8.27. The van der Waals surface area contributed by atoms with Crippen LogP contribution >= 0.6 is 11.6 Å². The molecular weight excluding hydrogens is 372 g/mol. The smallest absolute Gasteiger partial charge is 0.314 e. The predicted molar refractivity (Wildman–Crippen MR) is 97.4 cm³/mol. The average molecular weight is 389 g/mol. The summed E-state index contributed by atoms with van der Waals surface area (Å²) >= 11 is 5.96. The maximum absolute atomic E-state index is 12.8. The van der Waals surface area contributed by atoms with E-state index in [9.17, 15) is 9.59 Å². The first kappa shape index (κ1) is 18.8. The number of methoxy groups -OCH3 is 1. The minimum atomic E-state index is -0.931. The summed E-state index contributed by atoms with van der Waals surface area (Å²) in [5, 5.41) is 8.08. The van der Waals surface area contributed by atoms with E-state index in [0.29, 0.717) is 27.2 Å². The molecule has 8 heteroatoms. The van der Waals surface area contributed by atoms with Crippen molar-refractivity contribution < 1.29 is 23.7 Å². The number of esters is 2. The standard InChI is InChI=1S/C19H17ClN2O5/c1-3-26-19(24)17(12-6-9-14-15(10-12)22-27-21-14)16(18(23)25-2)11-4-7-13(20)8-5-11/h4-10,16-17H,3H2,1-2H3. The first-order valence-corrected chi connectivity index (χ1v) is 8.65. The van der Waals surface area contributed by atoms with Crippen LogP contribution < -0.4 is 0 Å². The maximum atomic E-state index is 12.8. The molecule has 0 aliphatic carbocycles. The maximum Gasteiger partial charge on any atom is 0.314 e. The van der Waals surface area contributed by atoms with Crippen molar-refractivity contribution in [1.82, 2.24) is 10.3 Å². The molecule has 2 aromatic carbocycles. The van der Waals surface area contributed by atoms with Gasteiger partial charge < -0.3 is 9.47 Å². The van der Waals surface area contributed by atoms with Crippen LogP contribution in [0.25, 0.3) is 11.0 Å². The summed E-state index contributed by atoms with van der Waals surface area (Å²) < 4.78 is 14.9. The number of nitrogens with zero attached hydrogens (tertiary/aromatic N) is 2. The Bertz CT molecular complexity index is 954. The van der Waals surface area contributed by atoms with Crippen LogP contribution in [0.1, 0.15) is 29.9 Å². The van der Waals surface area contributed by atoms with Crippen molar-refractivity contribution in [3.05, 3.63) is 58.6 Å². The van der Waals surface area contributed by atoms with Crippen LogP contribution in [0.3, 0.4) is 0 Å². The molecule has 3 aromatic rings. The van der Waals surface area contributed by atoms with E-state index in [0.717, 1.165) is 0 Å². The Hall–Kier alpha value is -2.93. The van der Waals surface area contributed by atoms with E-state index in [2.05, 4.69) is 10.3 Å². The zero-order valence-corrected chi connectivity index (χ0v) is 15.5. The van der Waals surface area contributed by atoms with Crippen molar-refractivity contribution in [2.75, 3.05) is 13.7 Å². The lowest BCUT2D eigenvalue weighted by atomic mass is 9.81. The highest BCUT2D eigenvalue weighted by atomic mass is 35.5. The van der Waals surface area contributed by atoms with Crippen LogP contribution in [-0.4, -0.2) is 36.0 Å². The fourth-order valence-electron chi connectivity index (χ4n) is 2.95. The topological polar surface area (TPSA) is 91.5 Å². The Morgan fingerprint density at radius 3 is 2.30 bits per heavy atom. The lowest BCUT2D eigenvalue weighted by Gasteiger charge is -2.24. The molecule has 3 rings (SSSR count). The quantitative estimate of drug-likeness (QED) is 0.597. The highest BCUT2D eigenvalue weighted by Gasteiger charge is 2.38. The van der Waals surface area contributed by atoms with Crippen molar-refractivity contribution in [3.63, 3.8) is 0 Å². The van der Waals surface area contributed by atoms with E-state index >= 15 is 0 Å². The number of fused-ring (bicyclic) bond motifs is 1. The lowest BCUT2D eigenvalue weighted by Crippen LogP contribution is -2.29. The fraction of sp³-hybridized carbons (Fsp3) is 0.263. The number of carbonyl (C=O) groups is 2. The highest BCUT2D eigenvalue weighted by molar-refractivity contribution is 6.30. The molecular formula is C19H17ClN2O5. The van der Waals surface area contributed by atoms with Gasteiger partial charge in [0, 0.05) is 5.02 Å². The van der Waals surface area contributed by atoms with Gasteiger partial charge in [-0.15, -0.1) is 0 Å². The number of hydrogen-bond donors (Lipinski definition) is 0. The molecule has 0 bridgehead atoms. The molecule has 1 aromatic heterocycles. The van der Waals surface area contributed by atoms with Gasteiger partial charge in [0.2, 0.25) is 0 Å². The molecule has 0 radical (unpaired) electrons. The molecule has 0 aliphatic heterocycles. The first-order chi connectivity index (χ1) is 13.0. The Morgan fingerprint density at radius 1 is 1.00 bits per heavy atom. The summed E-state index contributed by atoms with van der Waals surface area (Å²) in [7, 11) is 1.28. The molecule has 0 saturated carbocycles. The fourth-order valence-corrected chi connectivity index (χ4v) is 3.08. The Labute approximate surface area is 160 Å². The van der Waals surface area contributed by atoms with E-state index in [1.165, 1.54) is 7.11 Å². The molecule has 140 valence electrons. The Balaban J connectivity index is 2.14. The molecule has 2 atom stereocenters. The Kier molecular flexibility index (Phi) is 5.71. The number of aromatic nitrogens is 2. The summed E-state index contributed by atoms with van der Waals surface area (Å²) in [6.07, 6.45) is 0. The SMILES string of the molecule is CCOC(=O)C(c1ccc2nonc2c1)C(C(=O)OC)c1ccc(Cl)cc1. The molecule has 27 heavy (non-hydrogen) atoms. The lowest BCUT2D eigenvalue weighted by molar-refractivity contribution is -0.152. The van der Waals surface area contributed by atoms with Crippen LogP contribution in [0.4, 0.5) is 0 Å². The van der Waals surface area contributed by atoms with Gasteiger partial charge in [-0.2, -0.15) is 0 Å². The minimum absolute atomic E-state index is 0.178. The van der Waals surface area contributed by atoms with Gasteiger partial charge in [-0.25, -0.2) is 4.63 Å². The van der Waals surface area contributed by atoms with Gasteiger partial charge in [-0.1, -0.05) is 29.8 Å². The number of hydrogen-bond acceptors (Lipinski definition) is 7. The molecule has 0 fully saturated rings. The molecule has 0 spiro atoms. The van der Waals surface area contributed by atoms with Crippen LogP contribution in [0, 0.1) is 0 Å². The normalized spacial score (nSPS) is 13.1. The summed E-state index contributed by atoms with van der Waals surface area (Å²) in [5.41, 5.74) is 2.15. The summed E-state index contributed by atoms with van der Waals surface area (Å²) in [5.74, 6) is -2.95. The number of halogens is 1. The van der Waals surface area contributed by atoms with Crippen LogP contribution in [0.15, 0.2) is 47.1 Å². The van der Waals surface area contributed by atoms with E-state index in [1.807, 2.05) is 0 Å². The van der Waals surface area contributed by atoms with Gasteiger partial charge in [0.15, 0.2) is 0 Å². The van der Waals surface area contributed by atoms with Gasteiger partial charge >= 0.3 is 11.9 Å². The second-order valence-electron chi connectivity index (χ2n) is 5.79. The number of ether oxygens (including phenoxy) is 2. The van der Waals surface area contributed by atoms with Gasteiger partial charge in [0.05, 0.1) is 25.6 Å². The predicted octanol–water partition coefficient (Wildman–Crippen LogP) is 3.48. The summed E-state index contributed by atoms with van der Waals surface area (Å²) in [6.45, 7) is 1.88. The summed E-state index contributed by atoms with van der Waals surface area (Å²) in [4.78, 5) is 25.4. The molecule has 7 nitrogen and oxygen atoms in total. The average Bonchev–Trinajstić information content (AvgIpc) is 3.14. The van der Waals surface area contributed by atoms with Crippen LogP contribution in [-0.2, 0) is 19.1 Å². The van der Waals surface area contributed by atoms with Gasteiger partial charge in [-0.05, 0) is 52.6 Å². The monoisotopic (exact) mass is 388 g/mol. The second-order valence-corrected chi connectivity index (χ2v) is 6.23. The van der Waals surface area contributed by atoms with Crippen molar-refractivity contribution in [1.29, 1.82) is 0 Å². The minimum Gasteiger partial charge on any atom is -0.469 e. The highest BCUT2D eigenvalue weighted by Crippen LogP contribution is 2.36. The molecule has 0 saturated heterocycles. The second kappa shape index (κ2) is 8.18. The number of carbonyl (C=O) groups excluding carboxylic acids is 2. The number of rotatable bonds is 6. The van der Waals surface area contributed by atoms with Gasteiger partial charge in [-0.3, -0.25) is 9.59 Å². The molecule has 2 unspecified atom stereocenters. The van der Waals surface area contributed by atoms with E-state index in [-0.39, 0.29) is 6.61 Å². The third-order valence-electron chi connectivity index (χ3n) is 4.20. The molecule has 0 N–H and O–H groups in total. The molecule has 1 heterocycles. The van der Waals surface area contributed by atoms with E-state index < -0.39 is 23.8 Å². The van der Waals surface area contributed by atoms with Crippen molar-refractivity contribution >= 4 is 34.6 Å². The largest absolute Gasteiger partial charge is 0.469 e. The van der Waals surface area contributed by atoms with Gasteiger partial charge in [0.1, 0.15) is 11.0 Å². The van der Waals surface area contributed by atoms with Crippen molar-refractivity contribution in [2.45, 2.75) is 18.8 Å². The summed E-state index contributed by atoms with van der Waals surface area (Å²) in [6, 6.07) is 11.7. The Morgan fingerprint density at radius 2 is 1.63 bits per heavy atom. The van der Waals surface area contributed by atoms with E-state index in [4.69, 9.17) is 25.7 Å². The zero-order valence-electron chi connectivity index (χ0n) is 14.7. The molecule has 0 amide bonds. The van der Waals surface area contributed by atoms with Crippen LogP contribution in [0.5, 0.6) is 0 Å². The third-order valence-corrected chi connectivity index (χ3v) is 4.45. The van der Waals surface area contributed by atoms with Gasteiger partial charge in [0.25, 0.3) is 0 Å². The van der Waals surface area contributed by atoms with Crippen LogP contribution in [0.2, 0.25) is 5.02 Å². The zero-order chi connectivity index (χ0) is 19.4. The number of benzene rings is 2. The van der Waals surface area contributed by atoms with E-state index in [1.54, 1.807) is 49.4 Å². The van der Waals surface area contributed by atoms with Crippen molar-refractivity contribution in [3.8, 4) is 0 Å². The third kappa shape index (κ3) is 3.93.